The van der Waals surface area contributed by atoms with Crippen LogP contribution in [0, 0.1) is 19.8 Å². The van der Waals surface area contributed by atoms with E-state index in [1.165, 1.54) is 11.1 Å². The van der Waals surface area contributed by atoms with Crippen molar-refractivity contribution < 1.29 is 4.79 Å². The van der Waals surface area contributed by atoms with Gasteiger partial charge in [-0.3, -0.25) is 4.79 Å². The van der Waals surface area contributed by atoms with Gasteiger partial charge in [0, 0.05) is 5.69 Å². The number of hydrogen-bond donors (Lipinski definition) is 2. The van der Waals surface area contributed by atoms with Gasteiger partial charge in [0.05, 0.1) is 5.75 Å². The first-order chi connectivity index (χ1) is 8.65. The van der Waals surface area contributed by atoms with Gasteiger partial charge in [-0.15, -0.1) is 0 Å². The quantitative estimate of drug-likeness (QED) is 0.856. The van der Waals surface area contributed by atoms with Crippen LogP contribution in [0.2, 0.25) is 0 Å². The summed E-state index contributed by atoms with van der Waals surface area (Å²) < 4.78 is 0. The highest BCUT2D eigenvalue weighted by molar-refractivity contribution is 7.99. The summed E-state index contributed by atoms with van der Waals surface area (Å²) in [4.78, 5) is 11.7. The first kappa shape index (κ1) is 13.4. The van der Waals surface area contributed by atoms with Gasteiger partial charge in [0.25, 0.3) is 0 Å². The zero-order valence-electron chi connectivity index (χ0n) is 11.0. The molecule has 1 aliphatic heterocycles. The van der Waals surface area contributed by atoms with Gasteiger partial charge in [0.15, 0.2) is 0 Å². The van der Waals surface area contributed by atoms with Crippen molar-refractivity contribution in [2.24, 2.45) is 5.92 Å². The van der Waals surface area contributed by atoms with Crippen LogP contribution in [0.1, 0.15) is 11.1 Å². The average molecular weight is 264 g/mol. The Kier molecular flexibility index (Phi) is 4.66. The predicted octanol–water partition coefficient (Wildman–Crippen LogP) is 2.19. The van der Waals surface area contributed by atoms with Crippen LogP contribution in [0.3, 0.4) is 0 Å². The molecule has 1 aromatic carbocycles. The number of amides is 1. The van der Waals surface area contributed by atoms with E-state index >= 15 is 0 Å². The molecule has 1 heterocycles. The molecule has 0 unspecified atom stereocenters. The Bertz CT molecular complexity index is 430. The third-order valence-electron chi connectivity index (χ3n) is 3.24. The molecule has 2 rings (SSSR count). The Morgan fingerprint density at radius 1 is 1.39 bits per heavy atom. The fourth-order valence-electron chi connectivity index (χ4n) is 1.80. The molecule has 0 aliphatic carbocycles. The van der Waals surface area contributed by atoms with Crippen molar-refractivity contribution in [1.29, 1.82) is 0 Å². The van der Waals surface area contributed by atoms with Gasteiger partial charge in [-0.1, -0.05) is 6.07 Å². The largest absolute Gasteiger partial charge is 0.325 e. The third kappa shape index (κ3) is 3.75. The maximum Gasteiger partial charge on any atom is 0.234 e. The molecule has 0 aromatic heterocycles. The van der Waals surface area contributed by atoms with Crippen molar-refractivity contribution in [3.05, 3.63) is 29.3 Å². The maximum atomic E-state index is 11.7. The lowest BCUT2D eigenvalue weighted by atomic mass is 10.1. The second kappa shape index (κ2) is 6.25. The Hall–Kier alpha value is -1.00. The van der Waals surface area contributed by atoms with Crippen LogP contribution in [-0.4, -0.2) is 30.5 Å². The topological polar surface area (TPSA) is 41.1 Å². The van der Waals surface area contributed by atoms with E-state index < -0.39 is 0 Å². The first-order valence-electron chi connectivity index (χ1n) is 6.30. The number of nitrogens with one attached hydrogen (secondary N) is 2. The molecule has 1 aromatic rings. The van der Waals surface area contributed by atoms with Crippen molar-refractivity contribution in [2.75, 3.05) is 29.9 Å². The highest BCUT2D eigenvalue weighted by Gasteiger charge is 2.16. The van der Waals surface area contributed by atoms with Gasteiger partial charge < -0.3 is 10.6 Å². The van der Waals surface area contributed by atoms with Gasteiger partial charge in [0.1, 0.15) is 0 Å². The third-order valence-corrected chi connectivity index (χ3v) is 4.42. The summed E-state index contributed by atoms with van der Waals surface area (Å²) in [6, 6.07) is 6.02. The highest BCUT2D eigenvalue weighted by Crippen LogP contribution is 2.16. The smallest absolute Gasteiger partial charge is 0.234 e. The van der Waals surface area contributed by atoms with Crippen molar-refractivity contribution in [3.63, 3.8) is 0 Å². The molecule has 0 spiro atoms. The molecule has 4 heteroatoms. The number of rotatable bonds is 5. The molecule has 1 aliphatic rings. The van der Waals surface area contributed by atoms with Gasteiger partial charge >= 0.3 is 0 Å². The molecule has 1 saturated heterocycles. The van der Waals surface area contributed by atoms with Crippen molar-refractivity contribution >= 4 is 23.4 Å². The number of aryl methyl sites for hydroxylation is 2. The summed E-state index contributed by atoms with van der Waals surface area (Å²) in [7, 11) is 0. The summed E-state index contributed by atoms with van der Waals surface area (Å²) in [6.07, 6.45) is 0. The number of carbonyl (C=O) groups is 1. The molecule has 98 valence electrons. The van der Waals surface area contributed by atoms with E-state index in [4.69, 9.17) is 0 Å². The first-order valence-corrected chi connectivity index (χ1v) is 7.46. The zero-order chi connectivity index (χ0) is 13.0. The summed E-state index contributed by atoms with van der Waals surface area (Å²) in [6.45, 7) is 6.34. The predicted molar refractivity (Wildman–Crippen MR) is 78.2 cm³/mol. The van der Waals surface area contributed by atoms with Crippen LogP contribution < -0.4 is 10.6 Å². The zero-order valence-corrected chi connectivity index (χ0v) is 11.8. The number of benzene rings is 1. The number of anilines is 1. The molecule has 2 N–H and O–H groups in total. The van der Waals surface area contributed by atoms with Crippen LogP contribution in [0.25, 0.3) is 0 Å². The van der Waals surface area contributed by atoms with E-state index in [2.05, 4.69) is 24.5 Å². The molecule has 0 atom stereocenters. The van der Waals surface area contributed by atoms with Crippen molar-refractivity contribution in [2.45, 2.75) is 13.8 Å². The molecule has 1 amide bonds. The van der Waals surface area contributed by atoms with E-state index in [-0.39, 0.29) is 5.91 Å². The Labute approximate surface area is 113 Å². The van der Waals surface area contributed by atoms with Gasteiger partial charge in [-0.05, 0) is 61.9 Å². The van der Waals surface area contributed by atoms with Gasteiger partial charge in [0.2, 0.25) is 5.91 Å². The fourth-order valence-corrected chi connectivity index (χ4v) is 2.75. The molecular weight excluding hydrogens is 244 g/mol. The second-order valence-corrected chi connectivity index (χ2v) is 5.92. The molecular formula is C14H20N2OS. The molecule has 0 radical (unpaired) electrons. The normalized spacial score (nSPS) is 15.2. The Morgan fingerprint density at radius 3 is 2.78 bits per heavy atom. The fraction of sp³-hybridized carbons (Fsp3) is 0.500. The summed E-state index contributed by atoms with van der Waals surface area (Å²) >= 11 is 1.72. The number of thioether (sulfide) groups is 1. The van der Waals surface area contributed by atoms with Crippen molar-refractivity contribution in [3.8, 4) is 0 Å². The molecule has 18 heavy (non-hydrogen) atoms. The minimum atomic E-state index is 0.0931. The summed E-state index contributed by atoms with van der Waals surface area (Å²) in [5.74, 6) is 2.47. The minimum absolute atomic E-state index is 0.0931. The molecule has 3 nitrogen and oxygen atoms in total. The average Bonchev–Trinajstić information content (AvgIpc) is 2.27. The number of hydrogen-bond acceptors (Lipinski definition) is 3. The minimum Gasteiger partial charge on any atom is -0.325 e. The lowest BCUT2D eigenvalue weighted by molar-refractivity contribution is -0.113. The monoisotopic (exact) mass is 264 g/mol. The van der Waals surface area contributed by atoms with Gasteiger partial charge in [-0.2, -0.15) is 11.8 Å². The van der Waals surface area contributed by atoms with Crippen LogP contribution in [-0.2, 0) is 4.79 Å². The van der Waals surface area contributed by atoms with E-state index in [1.54, 1.807) is 11.8 Å². The summed E-state index contributed by atoms with van der Waals surface area (Å²) in [5.41, 5.74) is 3.36. The molecule has 0 saturated carbocycles. The van der Waals surface area contributed by atoms with Crippen LogP contribution in [0.15, 0.2) is 18.2 Å². The lowest BCUT2D eigenvalue weighted by Gasteiger charge is -2.26. The molecule has 0 bridgehead atoms. The Balaban J connectivity index is 1.73. The standard InChI is InChI=1S/C14H20N2OS/c1-10-3-4-13(5-11(10)2)16-14(17)9-18-8-12-6-15-7-12/h3-5,12,15H,6-9H2,1-2H3,(H,16,17). The number of carbonyl (C=O) groups excluding carboxylic acids is 1. The van der Waals surface area contributed by atoms with Crippen LogP contribution >= 0.6 is 11.8 Å². The summed E-state index contributed by atoms with van der Waals surface area (Å²) in [5, 5.41) is 6.18. The Morgan fingerprint density at radius 2 is 2.17 bits per heavy atom. The maximum absolute atomic E-state index is 11.7. The second-order valence-electron chi connectivity index (χ2n) is 4.89. The van der Waals surface area contributed by atoms with E-state index in [9.17, 15) is 4.79 Å². The molecule has 1 fully saturated rings. The van der Waals surface area contributed by atoms with Crippen molar-refractivity contribution in [1.82, 2.24) is 5.32 Å². The van der Waals surface area contributed by atoms with Crippen LogP contribution in [0.5, 0.6) is 0 Å². The lowest BCUT2D eigenvalue weighted by Crippen LogP contribution is -2.43. The van der Waals surface area contributed by atoms with Crippen LogP contribution in [0.4, 0.5) is 5.69 Å². The van der Waals surface area contributed by atoms with Gasteiger partial charge in [-0.25, -0.2) is 0 Å². The highest BCUT2D eigenvalue weighted by atomic mass is 32.2. The van der Waals surface area contributed by atoms with E-state index in [0.29, 0.717) is 5.75 Å². The SMILES string of the molecule is Cc1ccc(NC(=O)CSCC2CNC2)cc1C. The van der Waals surface area contributed by atoms with E-state index in [0.717, 1.165) is 30.4 Å². The van der Waals surface area contributed by atoms with E-state index in [1.807, 2.05) is 18.2 Å².